The Morgan fingerprint density at radius 2 is 1.62 bits per heavy atom. The fourth-order valence-corrected chi connectivity index (χ4v) is 6.59. The van der Waals surface area contributed by atoms with Crippen LogP contribution in [-0.4, -0.2) is 63.9 Å². The molecule has 0 unspecified atom stereocenters. The monoisotopic (exact) mass is 661 g/mol. The van der Waals surface area contributed by atoms with Gasteiger partial charge in [-0.3, -0.25) is 19.2 Å². The Kier molecular flexibility index (Phi) is 11.5. The van der Waals surface area contributed by atoms with E-state index in [1.807, 2.05) is 0 Å². The molecule has 1 aromatic carbocycles. The van der Waals surface area contributed by atoms with Gasteiger partial charge < -0.3 is 10.6 Å². The van der Waals surface area contributed by atoms with Crippen LogP contribution in [0.5, 0.6) is 0 Å². The molecule has 0 spiro atoms. The van der Waals surface area contributed by atoms with Crippen molar-refractivity contribution in [3.8, 4) is 11.3 Å². The summed E-state index contributed by atoms with van der Waals surface area (Å²) in [5.74, 6) is -0.984. The number of likely N-dealkylation sites (tertiary alicyclic amines) is 1. The van der Waals surface area contributed by atoms with Crippen LogP contribution in [-0.2, 0) is 11.0 Å². The largest absolute Gasteiger partial charge is 0.417 e. The molecule has 3 aliphatic rings. The molecular weight excluding hydrogens is 620 g/mol. The normalized spacial score (nSPS) is 20.7. The Morgan fingerprint density at radius 3 is 2.27 bits per heavy atom. The van der Waals surface area contributed by atoms with Gasteiger partial charge in [0.15, 0.2) is 5.69 Å². The van der Waals surface area contributed by atoms with Gasteiger partial charge in [-0.15, -0.1) is 0 Å². The predicted octanol–water partition coefficient (Wildman–Crippen LogP) is 6.76. The third kappa shape index (κ3) is 8.75. The molecule has 2 saturated carbocycles. The molecule has 2 heterocycles. The van der Waals surface area contributed by atoms with Crippen molar-refractivity contribution in [2.24, 2.45) is 0 Å². The van der Waals surface area contributed by atoms with Gasteiger partial charge in [0, 0.05) is 30.6 Å². The number of benzene rings is 1. The molecule has 2 amide bonds. The summed E-state index contributed by atoms with van der Waals surface area (Å²) in [6.07, 6.45) is -2.00. The number of rotatable bonds is 10. The molecule has 0 radical (unpaired) electrons. The molecule has 2 aromatic rings. The summed E-state index contributed by atoms with van der Waals surface area (Å²) in [5.41, 5.74) is -0.842. The third-order valence-corrected chi connectivity index (χ3v) is 9.14. The molecule has 1 saturated heterocycles. The Bertz CT molecular complexity index is 1310. The summed E-state index contributed by atoms with van der Waals surface area (Å²) in [4.78, 5) is 27.7. The molecule has 3 fully saturated rings. The van der Waals surface area contributed by atoms with Crippen molar-refractivity contribution in [2.75, 3.05) is 13.1 Å². The molecule has 2 atom stereocenters. The highest BCUT2D eigenvalue weighted by molar-refractivity contribution is 7.59. The lowest BCUT2D eigenvalue weighted by molar-refractivity contribution is -0.191. The number of carbonyl (C=O) groups excluding carboxylic acids is 2. The van der Waals surface area contributed by atoms with E-state index < -0.39 is 35.9 Å². The topological polar surface area (TPSA) is 79.3 Å². The zero-order chi connectivity index (χ0) is 31.5. The van der Waals surface area contributed by atoms with Crippen molar-refractivity contribution < 1.29 is 35.9 Å². The Balaban J connectivity index is 0.00000461. The molecule has 5 rings (SSSR count). The van der Waals surface area contributed by atoms with Crippen LogP contribution in [0.1, 0.15) is 99.1 Å². The minimum atomic E-state index is -4.62. The highest BCUT2D eigenvalue weighted by Crippen LogP contribution is 2.40. The average molecular weight is 662 g/mol. The molecule has 2 N–H and O–H groups in total. The number of nitrogens with one attached hydrogen (secondary N) is 2. The summed E-state index contributed by atoms with van der Waals surface area (Å²) in [6.45, 7) is 0.305. The lowest BCUT2D eigenvalue weighted by atomic mass is 9.93. The second-order valence-corrected chi connectivity index (χ2v) is 12.3. The lowest BCUT2D eigenvalue weighted by Crippen LogP contribution is -2.50. The van der Waals surface area contributed by atoms with E-state index in [4.69, 9.17) is 0 Å². The second-order valence-electron chi connectivity index (χ2n) is 12.3. The average Bonchev–Trinajstić information content (AvgIpc) is 3.63. The van der Waals surface area contributed by atoms with Gasteiger partial charge in [-0.1, -0.05) is 37.5 Å². The van der Waals surface area contributed by atoms with Crippen molar-refractivity contribution >= 4 is 25.3 Å². The number of aromatic nitrogens is 2. The Morgan fingerprint density at radius 1 is 0.933 bits per heavy atom. The van der Waals surface area contributed by atoms with Crippen LogP contribution in [0.2, 0.25) is 0 Å². The van der Waals surface area contributed by atoms with E-state index in [1.54, 1.807) is 0 Å². The minimum absolute atomic E-state index is 0. The predicted molar refractivity (Wildman–Crippen MR) is 162 cm³/mol. The molecule has 7 nitrogen and oxygen atoms in total. The molecule has 45 heavy (non-hydrogen) atoms. The number of hydrogen-bond donors (Lipinski definition) is 2. The van der Waals surface area contributed by atoms with E-state index in [1.165, 1.54) is 33.8 Å². The van der Waals surface area contributed by atoms with Gasteiger partial charge in [0.25, 0.3) is 5.91 Å². The fraction of sp³-hybridized carbons (Fsp3) is 0.645. The van der Waals surface area contributed by atoms with Gasteiger partial charge in [-0.05, 0) is 70.0 Å². The summed E-state index contributed by atoms with van der Waals surface area (Å²) < 4.78 is 84.4. The Labute approximate surface area is 265 Å². The van der Waals surface area contributed by atoms with E-state index in [0.717, 1.165) is 38.2 Å². The van der Waals surface area contributed by atoms with Crippen LogP contribution in [0.15, 0.2) is 30.3 Å². The van der Waals surface area contributed by atoms with Crippen molar-refractivity contribution in [1.29, 1.82) is 0 Å². The quantitative estimate of drug-likeness (QED) is 0.276. The summed E-state index contributed by atoms with van der Waals surface area (Å²) in [7, 11) is 0. The molecule has 0 bridgehead atoms. The van der Waals surface area contributed by atoms with Crippen LogP contribution >= 0.6 is 13.5 Å². The number of halogens is 6. The first-order valence-electron chi connectivity index (χ1n) is 15.6. The number of alkyl halides is 6. The van der Waals surface area contributed by atoms with Gasteiger partial charge in [-0.2, -0.15) is 44.9 Å². The molecule has 2 aliphatic carbocycles. The molecule has 1 aliphatic heterocycles. The SMILES string of the molecule is O=C(C[C@H](CCN1CCCC[C@H]1C(F)(F)F)NC(=O)c1cc(-c2ccccc2C(F)(F)F)n(C2CCCC2)n1)NC1CCC1.S. The van der Waals surface area contributed by atoms with Gasteiger partial charge in [0.05, 0.1) is 17.3 Å². The number of piperidine rings is 1. The van der Waals surface area contributed by atoms with E-state index in [9.17, 15) is 35.9 Å². The number of amides is 2. The maximum absolute atomic E-state index is 13.9. The minimum Gasteiger partial charge on any atom is -0.353 e. The first-order chi connectivity index (χ1) is 20.9. The van der Waals surface area contributed by atoms with Crippen molar-refractivity contribution in [1.82, 2.24) is 25.3 Å². The first kappa shape index (κ1) is 35.1. The maximum atomic E-state index is 13.9. The van der Waals surface area contributed by atoms with Crippen molar-refractivity contribution in [3.05, 3.63) is 41.6 Å². The maximum Gasteiger partial charge on any atom is 0.417 e. The van der Waals surface area contributed by atoms with Gasteiger partial charge in [-0.25, -0.2) is 0 Å². The summed E-state index contributed by atoms with van der Waals surface area (Å²) >= 11 is 0. The Hall–Kier alpha value is -2.74. The van der Waals surface area contributed by atoms with E-state index in [-0.39, 0.29) is 80.8 Å². The zero-order valence-electron chi connectivity index (χ0n) is 25.0. The molecule has 14 heteroatoms. The number of carbonyl (C=O) groups is 2. The standard InChI is InChI=1S/C31H39F6N5O2.H2S/c32-30(33,34)24-13-4-3-12-23(24)26-19-25(40-42(26)22-10-1-2-11-22)29(44)39-21(18-28(43)38-20-8-7-9-20)15-17-41-16-6-5-14-27(41)31(35,36)37;/h3-4,12-13,19-22,27H,1-2,5-11,14-18H2,(H,38,43)(H,39,44);1H2/t21-,27-;/m0./s1. The van der Waals surface area contributed by atoms with Crippen LogP contribution < -0.4 is 10.6 Å². The lowest BCUT2D eigenvalue weighted by Gasteiger charge is -2.37. The fourth-order valence-electron chi connectivity index (χ4n) is 6.59. The van der Waals surface area contributed by atoms with Crippen LogP contribution in [0.25, 0.3) is 11.3 Å². The number of nitrogens with zero attached hydrogens (tertiary/aromatic N) is 3. The summed E-state index contributed by atoms with van der Waals surface area (Å²) in [5, 5.41) is 10.2. The van der Waals surface area contributed by atoms with Crippen LogP contribution in [0.4, 0.5) is 26.3 Å². The highest BCUT2D eigenvalue weighted by Gasteiger charge is 2.44. The number of hydrogen-bond acceptors (Lipinski definition) is 4. The van der Waals surface area contributed by atoms with Crippen molar-refractivity contribution in [2.45, 2.75) is 114 Å². The van der Waals surface area contributed by atoms with E-state index in [2.05, 4.69) is 15.7 Å². The van der Waals surface area contributed by atoms with Gasteiger partial charge >= 0.3 is 12.4 Å². The van der Waals surface area contributed by atoms with Crippen molar-refractivity contribution in [3.63, 3.8) is 0 Å². The van der Waals surface area contributed by atoms with Gasteiger partial charge in [0.1, 0.15) is 6.04 Å². The first-order valence-corrected chi connectivity index (χ1v) is 15.6. The smallest absolute Gasteiger partial charge is 0.353 e. The van der Waals surface area contributed by atoms with Gasteiger partial charge in [0.2, 0.25) is 5.91 Å². The highest BCUT2D eigenvalue weighted by atomic mass is 32.1. The van der Waals surface area contributed by atoms with E-state index >= 15 is 0 Å². The molecule has 250 valence electrons. The van der Waals surface area contributed by atoms with Crippen LogP contribution in [0.3, 0.4) is 0 Å². The molecular formula is C31H41F6N5O2S. The third-order valence-electron chi connectivity index (χ3n) is 9.14. The zero-order valence-corrected chi connectivity index (χ0v) is 26.0. The second kappa shape index (κ2) is 14.8. The van der Waals surface area contributed by atoms with E-state index in [0.29, 0.717) is 25.7 Å². The van der Waals surface area contributed by atoms with Crippen LogP contribution in [0, 0.1) is 0 Å². The molecule has 1 aromatic heterocycles. The summed E-state index contributed by atoms with van der Waals surface area (Å²) in [6, 6.07) is 4.01.